The van der Waals surface area contributed by atoms with Gasteiger partial charge in [0, 0.05) is 18.5 Å². The van der Waals surface area contributed by atoms with E-state index >= 15 is 0 Å². The van der Waals surface area contributed by atoms with Gasteiger partial charge in [-0.25, -0.2) is 0 Å². The highest BCUT2D eigenvalue weighted by molar-refractivity contribution is 5.97. The van der Waals surface area contributed by atoms with Crippen LogP contribution in [0.3, 0.4) is 0 Å². The summed E-state index contributed by atoms with van der Waals surface area (Å²) < 4.78 is 0. The predicted molar refractivity (Wildman–Crippen MR) is 83.7 cm³/mol. The van der Waals surface area contributed by atoms with Gasteiger partial charge in [0.2, 0.25) is 0 Å². The zero-order chi connectivity index (χ0) is 14.2. The molecule has 1 N–H and O–H groups in total. The number of rotatable bonds is 3. The zero-order valence-corrected chi connectivity index (χ0v) is 12.1. The maximum atomic E-state index is 12.5. The van der Waals surface area contributed by atoms with Crippen molar-refractivity contribution in [3.05, 3.63) is 70.3 Å². The normalized spacial score (nSPS) is 19.3. The Morgan fingerprint density at radius 3 is 2.90 bits per heavy atom. The van der Waals surface area contributed by atoms with Gasteiger partial charge in [-0.1, -0.05) is 36.4 Å². The summed E-state index contributed by atoms with van der Waals surface area (Å²) in [7, 11) is 0. The molecule has 2 nitrogen and oxygen atoms in total. The standard InChI is InChI=1S/C19H19NO/c21-19(11-16-9-14-3-1-2-4-18(14)16)15-6-5-13-7-8-20-12-17(13)10-15/h1-6,10,16,20H,7-9,11-12H2. The fourth-order valence-corrected chi connectivity index (χ4v) is 3.54. The van der Waals surface area contributed by atoms with Crippen molar-refractivity contribution in [2.45, 2.75) is 31.7 Å². The van der Waals surface area contributed by atoms with Crippen molar-refractivity contribution in [2.24, 2.45) is 0 Å². The average Bonchev–Trinajstić information content (AvgIpc) is 2.52. The van der Waals surface area contributed by atoms with Gasteiger partial charge < -0.3 is 5.32 Å². The molecule has 1 unspecified atom stereocenters. The van der Waals surface area contributed by atoms with E-state index in [1.807, 2.05) is 6.07 Å². The number of hydrogen-bond acceptors (Lipinski definition) is 2. The lowest BCUT2D eigenvalue weighted by atomic mass is 9.74. The molecule has 0 bridgehead atoms. The van der Waals surface area contributed by atoms with Gasteiger partial charge in [0.15, 0.2) is 5.78 Å². The molecule has 1 heterocycles. The minimum absolute atomic E-state index is 0.280. The first kappa shape index (κ1) is 12.8. The molecular weight excluding hydrogens is 258 g/mol. The maximum absolute atomic E-state index is 12.5. The Hall–Kier alpha value is -1.93. The van der Waals surface area contributed by atoms with Crippen LogP contribution in [0.5, 0.6) is 0 Å². The van der Waals surface area contributed by atoms with E-state index in [9.17, 15) is 4.79 Å². The van der Waals surface area contributed by atoms with Crippen molar-refractivity contribution in [2.75, 3.05) is 6.54 Å². The summed E-state index contributed by atoms with van der Waals surface area (Å²) in [6, 6.07) is 14.7. The predicted octanol–water partition coefficient (Wildman–Crippen LogP) is 3.25. The lowest BCUT2D eigenvalue weighted by Crippen LogP contribution is -2.24. The Kier molecular flexibility index (Phi) is 3.12. The monoisotopic (exact) mass is 277 g/mol. The molecule has 0 radical (unpaired) electrons. The lowest BCUT2D eigenvalue weighted by molar-refractivity contribution is 0.0970. The summed E-state index contributed by atoms with van der Waals surface area (Å²) in [5, 5.41) is 3.37. The molecule has 2 aromatic carbocycles. The van der Waals surface area contributed by atoms with E-state index in [1.54, 1.807) is 0 Å². The highest BCUT2D eigenvalue weighted by Gasteiger charge is 2.27. The average molecular weight is 277 g/mol. The fraction of sp³-hybridized carbons (Fsp3) is 0.316. The minimum Gasteiger partial charge on any atom is -0.312 e. The summed E-state index contributed by atoms with van der Waals surface area (Å²) in [4.78, 5) is 12.5. The Balaban J connectivity index is 1.51. The molecule has 2 aromatic rings. The van der Waals surface area contributed by atoms with Crippen molar-refractivity contribution in [3.8, 4) is 0 Å². The van der Waals surface area contributed by atoms with Crippen molar-refractivity contribution >= 4 is 5.78 Å². The number of benzene rings is 2. The van der Waals surface area contributed by atoms with Gasteiger partial charge in [0.05, 0.1) is 0 Å². The van der Waals surface area contributed by atoms with Crippen molar-refractivity contribution < 1.29 is 4.79 Å². The van der Waals surface area contributed by atoms with E-state index in [0.29, 0.717) is 12.3 Å². The molecule has 0 saturated heterocycles. The topological polar surface area (TPSA) is 29.1 Å². The van der Waals surface area contributed by atoms with Crippen LogP contribution in [0, 0.1) is 0 Å². The van der Waals surface area contributed by atoms with Gasteiger partial charge >= 0.3 is 0 Å². The van der Waals surface area contributed by atoms with E-state index < -0.39 is 0 Å². The molecule has 4 rings (SSSR count). The van der Waals surface area contributed by atoms with Crippen LogP contribution in [-0.4, -0.2) is 12.3 Å². The molecule has 0 spiro atoms. The third-order valence-corrected chi connectivity index (χ3v) is 4.81. The van der Waals surface area contributed by atoms with E-state index in [2.05, 4.69) is 41.7 Å². The molecule has 2 aliphatic rings. The van der Waals surface area contributed by atoms with Crippen molar-refractivity contribution in [1.29, 1.82) is 0 Å². The third kappa shape index (κ3) is 2.30. The number of carbonyl (C=O) groups excluding carboxylic acids is 1. The summed E-state index contributed by atoms with van der Waals surface area (Å²) in [5.74, 6) is 0.700. The third-order valence-electron chi connectivity index (χ3n) is 4.81. The smallest absolute Gasteiger partial charge is 0.163 e. The first-order valence-corrected chi connectivity index (χ1v) is 7.75. The first-order chi connectivity index (χ1) is 10.3. The number of ketones is 1. The number of hydrogen-bond donors (Lipinski definition) is 1. The van der Waals surface area contributed by atoms with E-state index in [4.69, 9.17) is 0 Å². The van der Waals surface area contributed by atoms with E-state index in [1.165, 1.54) is 22.3 Å². The summed E-state index contributed by atoms with van der Waals surface area (Å²) in [6.07, 6.45) is 2.76. The van der Waals surface area contributed by atoms with E-state index in [0.717, 1.165) is 31.5 Å². The quantitative estimate of drug-likeness (QED) is 0.873. The minimum atomic E-state index is 0.280. The Bertz CT molecular complexity index is 704. The summed E-state index contributed by atoms with van der Waals surface area (Å²) in [6.45, 7) is 1.93. The molecule has 106 valence electrons. The Morgan fingerprint density at radius 1 is 1.10 bits per heavy atom. The summed E-state index contributed by atoms with van der Waals surface area (Å²) in [5.41, 5.74) is 6.33. The number of carbonyl (C=O) groups is 1. The second-order valence-electron chi connectivity index (χ2n) is 6.14. The van der Waals surface area contributed by atoms with Gasteiger partial charge in [-0.05, 0) is 53.6 Å². The van der Waals surface area contributed by atoms with E-state index in [-0.39, 0.29) is 5.78 Å². The Morgan fingerprint density at radius 2 is 2.00 bits per heavy atom. The number of nitrogens with one attached hydrogen (secondary N) is 1. The molecule has 1 atom stereocenters. The molecule has 2 heteroatoms. The molecule has 1 aliphatic carbocycles. The molecule has 1 aliphatic heterocycles. The second kappa shape index (κ2) is 5.12. The molecular formula is C19H19NO. The number of Topliss-reactive ketones (excluding diaryl/α,β-unsaturated/α-hetero) is 1. The van der Waals surface area contributed by atoms with Gasteiger partial charge in [0.25, 0.3) is 0 Å². The maximum Gasteiger partial charge on any atom is 0.163 e. The highest BCUT2D eigenvalue weighted by atomic mass is 16.1. The lowest BCUT2D eigenvalue weighted by Gasteiger charge is -2.29. The second-order valence-corrected chi connectivity index (χ2v) is 6.14. The van der Waals surface area contributed by atoms with Crippen LogP contribution in [0.2, 0.25) is 0 Å². The van der Waals surface area contributed by atoms with Gasteiger partial charge in [0.1, 0.15) is 0 Å². The molecule has 21 heavy (non-hydrogen) atoms. The zero-order valence-electron chi connectivity index (χ0n) is 12.1. The van der Waals surface area contributed by atoms with Gasteiger partial charge in [-0.15, -0.1) is 0 Å². The van der Waals surface area contributed by atoms with Crippen molar-refractivity contribution in [1.82, 2.24) is 5.32 Å². The molecule has 0 saturated carbocycles. The molecule has 0 amide bonds. The molecule has 0 fully saturated rings. The number of fused-ring (bicyclic) bond motifs is 2. The van der Waals surface area contributed by atoms with Gasteiger partial charge in [-0.2, -0.15) is 0 Å². The van der Waals surface area contributed by atoms with Crippen LogP contribution in [0.25, 0.3) is 0 Å². The van der Waals surface area contributed by atoms with Crippen LogP contribution < -0.4 is 5.32 Å². The fourth-order valence-electron chi connectivity index (χ4n) is 3.54. The van der Waals surface area contributed by atoms with Crippen LogP contribution in [0.15, 0.2) is 42.5 Å². The van der Waals surface area contributed by atoms with Gasteiger partial charge in [-0.3, -0.25) is 4.79 Å². The first-order valence-electron chi connectivity index (χ1n) is 7.75. The van der Waals surface area contributed by atoms with Crippen LogP contribution in [0.4, 0.5) is 0 Å². The molecule has 0 aromatic heterocycles. The van der Waals surface area contributed by atoms with Crippen LogP contribution >= 0.6 is 0 Å². The van der Waals surface area contributed by atoms with Crippen LogP contribution in [-0.2, 0) is 19.4 Å². The summed E-state index contributed by atoms with van der Waals surface area (Å²) >= 11 is 0. The van der Waals surface area contributed by atoms with Crippen LogP contribution in [0.1, 0.15) is 45.0 Å². The highest BCUT2D eigenvalue weighted by Crippen LogP contribution is 2.38. The Labute approximate surface area is 125 Å². The SMILES string of the molecule is O=C(CC1Cc2ccccc21)c1ccc2c(c1)CNCC2. The van der Waals surface area contributed by atoms with Crippen molar-refractivity contribution in [3.63, 3.8) is 0 Å². The largest absolute Gasteiger partial charge is 0.312 e.